The molecule has 1 saturated carbocycles. The molecule has 1 aromatic rings. The molecule has 2 heterocycles. The zero-order valence-corrected chi connectivity index (χ0v) is 22.0. The molecule has 2 saturated heterocycles. The molecular formula is C27H39F3N4O3. The first-order valence-corrected chi connectivity index (χ1v) is 13.4. The van der Waals surface area contributed by atoms with E-state index in [1.54, 1.807) is 4.90 Å². The molecular weight excluding hydrogens is 485 g/mol. The highest BCUT2D eigenvalue weighted by atomic mass is 19.4. The summed E-state index contributed by atoms with van der Waals surface area (Å²) in [6.07, 6.45) is 1.68. The van der Waals surface area contributed by atoms with Crippen molar-refractivity contribution in [2.45, 2.75) is 83.5 Å². The Balaban J connectivity index is 1.39. The van der Waals surface area contributed by atoms with Gasteiger partial charge < -0.3 is 25.2 Å². The summed E-state index contributed by atoms with van der Waals surface area (Å²) >= 11 is 0. The minimum absolute atomic E-state index is 0.104. The molecule has 1 aliphatic carbocycles. The third-order valence-corrected chi connectivity index (χ3v) is 7.56. The Morgan fingerprint density at radius 3 is 2.30 bits per heavy atom. The predicted molar refractivity (Wildman–Crippen MR) is 137 cm³/mol. The third kappa shape index (κ3) is 7.23. The van der Waals surface area contributed by atoms with Crippen molar-refractivity contribution in [1.82, 2.24) is 10.2 Å². The van der Waals surface area contributed by atoms with Crippen LogP contribution in [0.25, 0.3) is 0 Å². The van der Waals surface area contributed by atoms with Crippen molar-refractivity contribution in [1.29, 1.82) is 0 Å². The normalized spacial score (nSPS) is 24.8. The average molecular weight is 525 g/mol. The largest absolute Gasteiger partial charge is 0.444 e. The molecule has 10 heteroatoms. The number of fused-ring (bicyclic) bond motifs is 1. The van der Waals surface area contributed by atoms with E-state index >= 15 is 0 Å². The standard InChI is InChI=1S/C27H39F3N4O3/c1-26(2,3)37-25(36)34-16-18-8-10-21(14-19(18)17-34)31-24(35)32-22-15-20(27(28,29)30)9-11-23(22)33-12-6-4-5-7-13-33/h9,11,15,18-19,21H,4-8,10,12-14,16-17H2,1-3H3,(H2,31,32,35). The van der Waals surface area contributed by atoms with Gasteiger partial charge in [0.25, 0.3) is 0 Å². The number of hydrogen-bond donors (Lipinski definition) is 2. The van der Waals surface area contributed by atoms with Crippen molar-refractivity contribution >= 4 is 23.5 Å². The van der Waals surface area contributed by atoms with E-state index < -0.39 is 23.4 Å². The summed E-state index contributed by atoms with van der Waals surface area (Å²) in [7, 11) is 0. The van der Waals surface area contributed by atoms with Crippen molar-refractivity contribution in [2.75, 3.05) is 36.4 Å². The monoisotopic (exact) mass is 524 g/mol. The van der Waals surface area contributed by atoms with Crippen LogP contribution in [0, 0.1) is 11.8 Å². The van der Waals surface area contributed by atoms with E-state index in [2.05, 4.69) is 15.5 Å². The van der Waals surface area contributed by atoms with Gasteiger partial charge in [0.1, 0.15) is 5.60 Å². The van der Waals surface area contributed by atoms with Gasteiger partial charge in [-0.15, -0.1) is 0 Å². The molecule has 2 aliphatic heterocycles. The number of hydrogen-bond acceptors (Lipinski definition) is 4. The number of rotatable bonds is 3. The van der Waals surface area contributed by atoms with Crippen LogP contribution in [0.3, 0.4) is 0 Å². The summed E-state index contributed by atoms with van der Waals surface area (Å²) in [5.41, 5.74) is -0.532. The van der Waals surface area contributed by atoms with Gasteiger partial charge in [-0.3, -0.25) is 0 Å². The second-order valence-electron chi connectivity index (χ2n) is 11.6. The summed E-state index contributed by atoms with van der Waals surface area (Å²) in [6.45, 7) is 8.27. The molecule has 7 nitrogen and oxygen atoms in total. The van der Waals surface area contributed by atoms with Crippen LogP contribution in [0.4, 0.5) is 34.1 Å². The van der Waals surface area contributed by atoms with Gasteiger partial charge in [-0.2, -0.15) is 13.2 Å². The Bertz CT molecular complexity index is 971. The highest BCUT2D eigenvalue weighted by Crippen LogP contribution is 2.38. The topological polar surface area (TPSA) is 73.9 Å². The van der Waals surface area contributed by atoms with Gasteiger partial charge in [-0.25, -0.2) is 9.59 Å². The van der Waals surface area contributed by atoms with Gasteiger partial charge in [-0.1, -0.05) is 12.8 Å². The van der Waals surface area contributed by atoms with Crippen molar-refractivity contribution in [2.24, 2.45) is 11.8 Å². The van der Waals surface area contributed by atoms with E-state index in [9.17, 15) is 22.8 Å². The van der Waals surface area contributed by atoms with Crippen LogP contribution >= 0.6 is 0 Å². The number of benzene rings is 1. The first-order valence-electron chi connectivity index (χ1n) is 13.4. The molecule has 3 amide bonds. The van der Waals surface area contributed by atoms with Gasteiger partial charge in [0.2, 0.25) is 0 Å². The van der Waals surface area contributed by atoms with Crippen LogP contribution in [0.1, 0.15) is 71.3 Å². The van der Waals surface area contributed by atoms with Gasteiger partial charge >= 0.3 is 18.3 Å². The van der Waals surface area contributed by atoms with Gasteiger partial charge in [0.15, 0.2) is 0 Å². The second-order valence-corrected chi connectivity index (χ2v) is 11.6. The number of ether oxygens (including phenoxy) is 1. The number of alkyl halides is 3. The number of nitrogens with zero attached hydrogens (tertiary/aromatic N) is 2. The number of halogens is 3. The van der Waals surface area contributed by atoms with Crippen molar-refractivity contribution in [3.8, 4) is 0 Å². The number of nitrogens with one attached hydrogen (secondary N) is 2. The van der Waals surface area contributed by atoms with E-state index in [1.165, 1.54) is 6.07 Å². The quantitative estimate of drug-likeness (QED) is 0.491. The van der Waals surface area contributed by atoms with E-state index in [0.717, 1.165) is 70.2 Å². The Kier molecular flexibility index (Phi) is 8.14. The number of carbonyl (C=O) groups is 2. The number of anilines is 2. The fourth-order valence-corrected chi connectivity index (χ4v) is 5.78. The molecule has 0 bridgehead atoms. The number of likely N-dealkylation sites (tertiary alicyclic amines) is 1. The summed E-state index contributed by atoms with van der Waals surface area (Å²) in [5, 5.41) is 5.70. The molecule has 3 atom stereocenters. The zero-order chi connectivity index (χ0) is 26.8. The molecule has 1 aromatic carbocycles. The lowest BCUT2D eigenvalue weighted by atomic mass is 9.79. The lowest BCUT2D eigenvalue weighted by Gasteiger charge is -2.31. The lowest BCUT2D eigenvalue weighted by molar-refractivity contribution is -0.137. The SMILES string of the molecule is CC(C)(C)OC(=O)N1CC2CCC(NC(=O)Nc3cc(C(F)(F)F)ccc3N3CCCCCC3)CC2C1. The molecule has 0 aromatic heterocycles. The van der Waals surface area contributed by atoms with Crippen LogP contribution in [0.15, 0.2) is 18.2 Å². The summed E-state index contributed by atoms with van der Waals surface area (Å²) < 4.78 is 45.8. The summed E-state index contributed by atoms with van der Waals surface area (Å²) in [5.74, 6) is 0.625. The molecule has 3 unspecified atom stereocenters. The summed E-state index contributed by atoms with van der Waals surface area (Å²) in [4.78, 5) is 29.3. The van der Waals surface area contributed by atoms with Crippen molar-refractivity contribution < 1.29 is 27.5 Å². The molecule has 37 heavy (non-hydrogen) atoms. The molecule has 3 aliphatic rings. The van der Waals surface area contributed by atoms with Crippen LogP contribution in [0.2, 0.25) is 0 Å². The Hall–Kier alpha value is -2.65. The fourth-order valence-electron chi connectivity index (χ4n) is 5.78. The van der Waals surface area contributed by atoms with Crippen LogP contribution in [-0.4, -0.2) is 54.8 Å². The zero-order valence-electron chi connectivity index (χ0n) is 22.0. The highest BCUT2D eigenvalue weighted by molar-refractivity contribution is 5.93. The van der Waals surface area contributed by atoms with E-state index in [0.29, 0.717) is 24.7 Å². The van der Waals surface area contributed by atoms with Crippen LogP contribution in [0.5, 0.6) is 0 Å². The van der Waals surface area contributed by atoms with Crippen molar-refractivity contribution in [3.63, 3.8) is 0 Å². The van der Waals surface area contributed by atoms with Gasteiger partial charge in [-0.05, 0) is 82.9 Å². The minimum Gasteiger partial charge on any atom is -0.444 e. The molecule has 3 fully saturated rings. The summed E-state index contributed by atoms with van der Waals surface area (Å²) in [6, 6.07) is 2.99. The van der Waals surface area contributed by atoms with E-state index in [4.69, 9.17) is 4.74 Å². The fraction of sp³-hybridized carbons (Fsp3) is 0.704. The number of urea groups is 1. The average Bonchev–Trinajstić information content (AvgIpc) is 3.03. The predicted octanol–water partition coefficient (Wildman–Crippen LogP) is 6.24. The van der Waals surface area contributed by atoms with Crippen LogP contribution < -0.4 is 15.5 Å². The Morgan fingerprint density at radius 2 is 1.65 bits per heavy atom. The highest BCUT2D eigenvalue weighted by Gasteiger charge is 2.41. The van der Waals surface area contributed by atoms with Gasteiger partial charge in [0, 0.05) is 32.2 Å². The number of carbonyl (C=O) groups excluding carboxylic acids is 2. The third-order valence-electron chi connectivity index (χ3n) is 7.56. The number of amides is 3. The van der Waals surface area contributed by atoms with E-state index in [-0.39, 0.29) is 23.7 Å². The maximum Gasteiger partial charge on any atom is 0.416 e. The van der Waals surface area contributed by atoms with Crippen molar-refractivity contribution in [3.05, 3.63) is 23.8 Å². The first-order chi connectivity index (χ1) is 17.4. The van der Waals surface area contributed by atoms with Gasteiger partial charge in [0.05, 0.1) is 16.9 Å². The molecule has 4 rings (SSSR count). The molecule has 0 radical (unpaired) electrons. The second kappa shape index (κ2) is 11.0. The Morgan fingerprint density at radius 1 is 0.973 bits per heavy atom. The molecule has 2 N–H and O–H groups in total. The maximum absolute atomic E-state index is 13.4. The Labute approximate surface area is 217 Å². The first kappa shape index (κ1) is 27.4. The minimum atomic E-state index is -4.49. The van der Waals surface area contributed by atoms with Crippen LogP contribution in [-0.2, 0) is 10.9 Å². The lowest BCUT2D eigenvalue weighted by Crippen LogP contribution is -2.42. The molecule has 0 spiro atoms. The van der Waals surface area contributed by atoms with E-state index in [1.807, 2.05) is 20.8 Å². The smallest absolute Gasteiger partial charge is 0.416 e. The maximum atomic E-state index is 13.4. The molecule has 206 valence electrons.